The Balaban J connectivity index is 1.57. The van der Waals surface area contributed by atoms with Crippen molar-refractivity contribution in [3.05, 3.63) is 35.4 Å². The highest BCUT2D eigenvalue weighted by Crippen LogP contribution is 2.17. The molecule has 2 heterocycles. The predicted octanol–water partition coefficient (Wildman–Crippen LogP) is 3.60. The first-order valence-electron chi connectivity index (χ1n) is 11.8. The Morgan fingerprint density at radius 1 is 0.966 bits per heavy atom. The Morgan fingerprint density at radius 2 is 1.69 bits per heavy atom. The molecular formula is C24H41N5. The number of nitrogens with zero attached hydrogens (tertiary/aromatic N) is 3. The lowest BCUT2D eigenvalue weighted by molar-refractivity contribution is 0.206. The lowest BCUT2D eigenvalue weighted by atomic mass is 10.0. The lowest BCUT2D eigenvalue weighted by Crippen LogP contribution is -2.48. The fourth-order valence-corrected chi connectivity index (χ4v) is 4.52. The van der Waals surface area contributed by atoms with Gasteiger partial charge in [-0.05, 0) is 69.8 Å². The molecular weight excluding hydrogens is 358 g/mol. The van der Waals surface area contributed by atoms with Gasteiger partial charge >= 0.3 is 0 Å². The Hall–Kier alpha value is -1.59. The maximum absolute atomic E-state index is 4.95. The number of aliphatic imine (C=N–C) groups is 1. The minimum atomic E-state index is 0.532. The van der Waals surface area contributed by atoms with Crippen molar-refractivity contribution < 1.29 is 0 Å². The van der Waals surface area contributed by atoms with E-state index in [0.717, 1.165) is 25.6 Å². The van der Waals surface area contributed by atoms with Crippen molar-refractivity contribution in [2.45, 2.75) is 71.5 Å². The zero-order valence-electron chi connectivity index (χ0n) is 18.6. The first kappa shape index (κ1) is 22.1. The van der Waals surface area contributed by atoms with Crippen LogP contribution >= 0.6 is 0 Å². The van der Waals surface area contributed by atoms with Crippen molar-refractivity contribution in [3.8, 4) is 0 Å². The van der Waals surface area contributed by atoms with Gasteiger partial charge in [0.2, 0.25) is 0 Å². The van der Waals surface area contributed by atoms with Crippen molar-refractivity contribution >= 4 is 5.96 Å². The van der Waals surface area contributed by atoms with Crippen LogP contribution in [0.25, 0.3) is 0 Å². The molecule has 29 heavy (non-hydrogen) atoms. The van der Waals surface area contributed by atoms with E-state index in [-0.39, 0.29) is 0 Å². The fourth-order valence-electron chi connectivity index (χ4n) is 4.52. The molecule has 0 unspecified atom stereocenters. The fraction of sp³-hybridized carbons (Fsp3) is 0.708. The van der Waals surface area contributed by atoms with E-state index in [1.807, 2.05) is 0 Å². The molecule has 5 nitrogen and oxygen atoms in total. The van der Waals surface area contributed by atoms with Crippen molar-refractivity contribution in [2.75, 3.05) is 39.3 Å². The highest BCUT2D eigenvalue weighted by Gasteiger charge is 2.19. The summed E-state index contributed by atoms with van der Waals surface area (Å²) in [5.74, 6) is 0.967. The van der Waals surface area contributed by atoms with Crippen LogP contribution in [0.3, 0.4) is 0 Å². The third-order valence-corrected chi connectivity index (χ3v) is 6.18. The van der Waals surface area contributed by atoms with E-state index < -0.39 is 0 Å². The summed E-state index contributed by atoms with van der Waals surface area (Å²) in [5, 5.41) is 7.14. The van der Waals surface area contributed by atoms with Gasteiger partial charge < -0.3 is 15.5 Å². The summed E-state index contributed by atoms with van der Waals surface area (Å²) >= 11 is 0. The molecule has 0 radical (unpaired) electrons. The first-order chi connectivity index (χ1) is 14.3. The summed E-state index contributed by atoms with van der Waals surface area (Å²) in [6, 6.07) is 9.37. The van der Waals surface area contributed by atoms with E-state index in [2.05, 4.69) is 58.5 Å². The number of piperidine rings is 2. The molecule has 2 N–H and O–H groups in total. The number of likely N-dealkylation sites (tertiary alicyclic amines) is 2. The zero-order valence-corrected chi connectivity index (χ0v) is 18.6. The van der Waals surface area contributed by atoms with Gasteiger partial charge in [0, 0.05) is 32.2 Å². The topological polar surface area (TPSA) is 42.9 Å². The zero-order chi connectivity index (χ0) is 20.3. The molecule has 1 aromatic rings. The summed E-state index contributed by atoms with van der Waals surface area (Å²) < 4.78 is 0. The normalized spacial score (nSPS) is 20.0. The molecule has 0 amide bonds. The average molecular weight is 400 g/mol. The second-order valence-electron chi connectivity index (χ2n) is 8.56. The maximum atomic E-state index is 4.95. The molecule has 2 aliphatic heterocycles. The van der Waals surface area contributed by atoms with E-state index in [4.69, 9.17) is 4.99 Å². The minimum absolute atomic E-state index is 0.532. The van der Waals surface area contributed by atoms with Crippen molar-refractivity contribution in [2.24, 2.45) is 4.99 Å². The second-order valence-corrected chi connectivity index (χ2v) is 8.56. The van der Waals surface area contributed by atoms with Gasteiger partial charge in [0.05, 0.1) is 6.54 Å². The predicted molar refractivity (Wildman–Crippen MR) is 123 cm³/mol. The number of rotatable bonds is 8. The number of nitrogens with one attached hydrogen (secondary N) is 2. The summed E-state index contributed by atoms with van der Waals surface area (Å²) in [7, 11) is 0. The molecule has 162 valence electrons. The summed E-state index contributed by atoms with van der Waals surface area (Å²) in [4.78, 5) is 10.1. The third-order valence-electron chi connectivity index (χ3n) is 6.18. The molecule has 0 saturated carbocycles. The van der Waals surface area contributed by atoms with Gasteiger partial charge in [-0.3, -0.25) is 4.90 Å². The average Bonchev–Trinajstić information content (AvgIpc) is 2.75. The van der Waals surface area contributed by atoms with Crippen LogP contribution in [-0.4, -0.2) is 61.1 Å². The third kappa shape index (κ3) is 7.31. The van der Waals surface area contributed by atoms with Gasteiger partial charge in [-0.1, -0.05) is 37.6 Å². The van der Waals surface area contributed by atoms with Crippen LogP contribution in [0.2, 0.25) is 0 Å². The Kier molecular flexibility index (Phi) is 9.29. The molecule has 1 aromatic carbocycles. The summed E-state index contributed by atoms with van der Waals surface area (Å²) in [6.07, 6.45) is 7.72. The molecule has 2 fully saturated rings. The van der Waals surface area contributed by atoms with Gasteiger partial charge in [-0.2, -0.15) is 0 Å². The van der Waals surface area contributed by atoms with Crippen LogP contribution in [0.1, 0.15) is 63.5 Å². The van der Waals surface area contributed by atoms with Crippen LogP contribution < -0.4 is 10.6 Å². The molecule has 3 rings (SSSR count). The Labute approximate surface area is 178 Å². The van der Waals surface area contributed by atoms with E-state index in [9.17, 15) is 0 Å². The second kappa shape index (κ2) is 12.2. The van der Waals surface area contributed by atoms with Gasteiger partial charge in [-0.15, -0.1) is 0 Å². The van der Waals surface area contributed by atoms with Crippen LogP contribution in [0.5, 0.6) is 0 Å². The first-order valence-corrected chi connectivity index (χ1v) is 11.8. The van der Waals surface area contributed by atoms with Gasteiger partial charge in [-0.25, -0.2) is 4.99 Å². The molecule has 2 saturated heterocycles. The van der Waals surface area contributed by atoms with E-state index >= 15 is 0 Å². The van der Waals surface area contributed by atoms with Gasteiger partial charge in [0.25, 0.3) is 0 Å². The van der Waals surface area contributed by atoms with E-state index in [0.29, 0.717) is 6.04 Å². The maximum Gasteiger partial charge on any atom is 0.191 e. The Bertz CT molecular complexity index is 615. The van der Waals surface area contributed by atoms with Crippen molar-refractivity contribution in [1.82, 2.24) is 20.4 Å². The van der Waals surface area contributed by atoms with Crippen LogP contribution in [0.15, 0.2) is 29.3 Å². The lowest BCUT2D eigenvalue weighted by Gasteiger charge is -2.32. The largest absolute Gasteiger partial charge is 0.357 e. The highest BCUT2D eigenvalue weighted by molar-refractivity contribution is 5.80. The number of hydrogen-bond donors (Lipinski definition) is 2. The van der Waals surface area contributed by atoms with Crippen LogP contribution in [-0.2, 0) is 13.1 Å². The number of guanidine groups is 1. The standard InChI is InChI=1S/C24H41N5/c1-3-14-28-17-12-23(13-18-28)27-24(25-4-2)26-19-21-10-6-7-11-22(21)20-29-15-8-5-9-16-29/h6-7,10-11,23H,3-5,8-9,12-20H2,1-2H3,(H2,25,26,27). The molecule has 2 aliphatic rings. The molecule has 0 spiro atoms. The van der Waals surface area contributed by atoms with Crippen molar-refractivity contribution in [1.29, 1.82) is 0 Å². The monoisotopic (exact) mass is 399 g/mol. The van der Waals surface area contributed by atoms with Crippen molar-refractivity contribution in [3.63, 3.8) is 0 Å². The van der Waals surface area contributed by atoms with Gasteiger partial charge in [0.15, 0.2) is 5.96 Å². The van der Waals surface area contributed by atoms with E-state index in [1.165, 1.54) is 82.4 Å². The quantitative estimate of drug-likeness (QED) is 0.518. The minimum Gasteiger partial charge on any atom is -0.357 e. The number of benzene rings is 1. The number of hydrogen-bond acceptors (Lipinski definition) is 3. The summed E-state index contributed by atoms with van der Waals surface area (Å²) in [6.45, 7) is 13.2. The molecule has 0 bridgehead atoms. The molecule has 0 aliphatic carbocycles. The summed E-state index contributed by atoms with van der Waals surface area (Å²) in [5.41, 5.74) is 2.79. The molecule has 0 aromatic heterocycles. The molecule has 0 atom stereocenters. The molecule has 5 heteroatoms. The van der Waals surface area contributed by atoms with Gasteiger partial charge in [0.1, 0.15) is 0 Å². The van der Waals surface area contributed by atoms with E-state index in [1.54, 1.807) is 0 Å². The van der Waals surface area contributed by atoms with Crippen LogP contribution in [0, 0.1) is 0 Å². The SMILES string of the molecule is CCCN1CCC(NC(=NCc2ccccc2CN2CCCCC2)NCC)CC1. The Morgan fingerprint density at radius 3 is 2.38 bits per heavy atom. The highest BCUT2D eigenvalue weighted by atomic mass is 15.2. The smallest absolute Gasteiger partial charge is 0.191 e. The van der Waals surface area contributed by atoms with Crippen LogP contribution in [0.4, 0.5) is 0 Å².